The number of carbonyl (C=O) groups is 2. The first-order valence-corrected chi connectivity index (χ1v) is 8.82. The molecule has 0 saturated heterocycles. The molecule has 25 heavy (non-hydrogen) atoms. The third-order valence-electron chi connectivity index (χ3n) is 3.40. The van der Waals surface area contributed by atoms with Crippen molar-refractivity contribution in [1.82, 2.24) is 25.8 Å². The number of aryl methyl sites for hydroxylation is 1. The van der Waals surface area contributed by atoms with E-state index in [2.05, 4.69) is 25.8 Å². The molecule has 2 aromatic heterocycles. The van der Waals surface area contributed by atoms with Crippen LogP contribution in [-0.2, 0) is 11.3 Å². The van der Waals surface area contributed by atoms with Gasteiger partial charge in [0.25, 0.3) is 11.8 Å². The smallest absolute Gasteiger partial charge is 0.263 e. The molecule has 1 atom stereocenters. The summed E-state index contributed by atoms with van der Waals surface area (Å²) in [7, 11) is 1.58. The van der Waals surface area contributed by atoms with Gasteiger partial charge in [-0.15, -0.1) is 11.3 Å². The van der Waals surface area contributed by atoms with Gasteiger partial charge in [0.05, 0.1) is 18.4 Å². The zero-order chi connectivity index (χ0) is 18.4. The topological polar surface area (TPSA) is 109 Å². The number of hydrogen-bond donors (Lipinski definition) is 3. The number of hydrogen-bond acceptors (Lipinski definition) is 6. The summed E-state index contributed by atoms with van der Waals surface area (Å²) >= 11 is 7.17. The van der Waals surface area contributed by atoms with Crippen LogP contribution >= 0.6 is 22.9 Å². The zero-order valence-electron chi connectivity index (χ0n) is 14.2. The first-order chi connectivity index (χ1) is 11.9. The highest BCUT2D eigenvalue weighted by Gasteiger charge is 2.17. The average molecular weight is 386 g/mol. The van der Waals surface area contributed by atoms with Crippen molar-refractivity contribution in [2.75, 3.05) is 20.2 Å². The van der Waals surface area contributed by atoms with Crippen LogP contribution in [0.25, 0.3) is 0 Å². The number of rotatable bonds is 8. The molecule has 0 aliphatic carbocycles. The highest BCUT2D eigenvalue weighted by atomic mass is 35.5. The van der Waals surface area contributed by atoms with Gasteiger partial charge in [-0.25, -0.2) is 4.98 Å². The molecule has 8 nitrogen and oxygen atoms in total. The Hall–Kier alpha value is -1.97. The molecule has 0 fully saturated rings. The van der Waals surface area contributed by atoms with E-state index in [-0.39, 0.29) is 22.9 Å². The van der Waals surface area contributed by atoms with Crippen LogP contribution < -0.4 is 10.6 Å². The van der Waals surface area contributed by atoms with Crippen LogP contribution in [0, 0.1) is 12.8 Å². The Balaban J connectivity index is 1.77. The second kappa shape index (κ2) is 8.93. The minimum absolute atomic E-state index is 0.0465. The molecule has 0 aromatic carbocycles. The molecule has 0 radical (unpaired) electrons. The van der Waals surface area contributed by atoms with Crippen LogP contribution in [0.5, 0.6) is 0 Å². The van der Waals surface area contributed by atoms with Gasteiger partial charge in [0.15, 0.2) is 5.15 Å². The fourth-order valence-corrected chi connectivity index (χ4v) is 3.13. The van der Waals surface area contributed by atoms with E-state index in [9.17, 15) is 9.59 Å². The number of aromatic nitrogens is 3. The molecule has 2 heterocycles. The molecule has 1 unspecified atom stereocenters. The third-order valence-corrected chi connectivity index (χ3v) is 4.64. The lowest BCUT2D eigenvalue weighted by molar-refractivity contribution is 0.0943. The minimum atomic E-state index is -0.291. The Morgan fingerprint density at radius 1 is 1.36 bits per heavy atom. The normalized spacial score (nSPS) is 12.0. The van der Waals surface area contributed by atoms with E-state index < -0.39 is 0 Å². The lowest BCUT2D eigenvalue weighted by Crippen LogP contribution is -2.35. The van der Waals surface area contributed by atoms with Crippen LogP contribution in [0.1, 0.15) is 37.7 Å². The SMILES string of the molecule is COCc1ncc(C(=O)NCC(C)CNC(=O)c2c(Cl)n[nH]c2C)s1. The summed E-state index contributed by atoms with van der Waals surface area (Å²) in [5.74, 6) is -0.432. The van der Waals surface area contributed by atoms with Crippen molar-refractivity contribution in [3.05, 3.63) is 32.5 Å². The van der Waals surface area contributed by atoms with Crippen LogP contribution in [0.2, 0.25) is 5.15 Å². The van der Waals surface area contributed by atoms with E-state index in [4.69, 9.17) is 16.3 Å². The van der Waals surface area contributed by atoms with Gasteiger partial charge >= 0.3 is 0 Å². The number of thiazole rings is 1. The van der Waals surface area contributed by atoms with Crippen molar-refractivity contribution in [3.63, 3.8) is 0 Å². The summed E-state index contributed by atoms with van der Waals surface area (Å²) in [5.41, 5.74) is 0.953. The average Bonchev–Trinajstić information content (AvgIpc) is 3.17. The molecule has 2 rings (SSSR count). The number of nitrogens with zero attached hydrogens (tertiary/aromatic N) is 2. The van der Waals surface area contributed by atoms with Crippen molar-refractivity contribution in [2.24, 2.45) is 5.92 Å². The van der Waals surface area contributed by atoms with Crippen LogP contribution in [0.15, 0.2) is 6.20 Å². The van der Waals surface area contributed by atoms with Gasteiger partial charge in [-0.3, -0.25) is 14.7 Å². The molecule has 2 amide bonds. The standard InChI is InChI=1S/C15H20ClN5O3S/c1-8(5-19-15(23)12-9(2)20-21-13(12)16)4-18-14(22)10-6-17-11(25-10)7-24-3/h6,8H,4-5,7H2,1-3H3,(H,18,22)(H,19,23)(H,20,21). The molecule has 10 heteroatoms. The van der Waals surface area contributed by atoms with E-state index in [1.165, 1.54) is 17.5 Å². The molecule has 3 N–H and O–H groups in total. The van der Waals surface area contributed by atoms with Crippen LogP contribution in [0.3, 0.4) is 0 Å². The summed E-state index contributed by atoms with van der Waals surface area (Å²) in [6.45, 7) is 4.86. The van der Waals surface area contributed by atoms with E-state index in [1.807, 2.05) is 6.92 Å². The van der Waals surface area contributed by atoms with Crippen molar-refractivity contribution in [2.45, 2.75) is 20.5 Å². The second-order valence-electron chi connectivity index (χ2n) is 5.59. The summed E-state index contributed by atoms with van der Waals surface area (Å²) in [4.78, 5) is 28.8. The first-order valence-electron chi connectivity index (χ1n) is 7.62. The van der Waals surface area contributed by atoms with E-state index in [0.29, 0.717) is 35.8 Å². The predicted octanol–water partition coefficient (Wildman–Crippen LogP) is 1.77. The van der Waals surface area contributed by atoms with Gasteiger partial charge in [-0.2, -0.15) is 5.10 Å². The Morgan fingerprint density at radius 3 is 2.64 bits per heavy atom. The summed E-state index contributed by atoms with van der Waals surface area (Å²) in [6, 6.07) is 0. The van der Waals surface area contributed by atoms with Gasteiger partial charge in [0.2, 0.25) is 0 Å². The van der Waals surface area contributed by atoms with Crippen LogP contribution in [0.4, 0.5) is 0 Å². The number of carbonyl (C=O) groups excluding carboxylic acids is 2. The Labute approximate surface area is 154 Å². The molecule has 136 valence electrons. The molecule has 2 aromatic rings. The van der Waals surface area contributed by atoms with Crippen molar-refractivity contribution >= 4 is 34.8 Å². The van der Waals surface area contributed by atoms with E-state index in [0.717, 1.165) is 5.01 Å². The quantitative estimate of drug-likeness (QED) is 0.641. The highest BCUT2D eigenvalue weighted by molar-refractivity contribution is 7.13. The molecular weight excluding hydrogens is 366 g/mol. The summed E-state index contributed by atoms with van der Waals surface area (Å²) in [6.07, 6.45) is 1.53. The molecule has 0 aliphatic heterocycles. The Morgan fingerprint density at radius 2 is 2.04 bits per heavy atom. The molecular formula is C15H20ClN5O3S. The lowest BCUT2D eigenvalue weighted by atomic mass is 10.1. The number of H-pyrrole nitrogens is 1. The van der Waals surface area contributed by atoms with Gasteiger partial charge in [-0.05, 0) is 12.8 Å². The van der Waals surface area contributed by atoms with Gasteiger partial charge in [0, 0.05) is 25.9 Å². The van der Waals surface area contributed by atoms with Gasteiger partial charge in [-0.1, -0.05) is 18.5 Å². The maximum Gasteiger partial charge on any atom is 0.263 e. The third kappa shape index (κ3) is 5.25. The number of amides is 2. The van der Waals surface area contributed by atoms with Crippen LogP contribution in [-0.4, -0.2) is 47.2 Å². The second-order valence-corrected chi connectivity index (χ2v) is 7.06. The number of nitrogens with one attached hydrogen (secondary N) is 3. The summed E-state index contributed by atoms with van der Waals surface area (Å²) < 4.78 is 4.98. The van der Waals surface area contributed by atoms with Crippen molar-refractivity contribution in [3.8, 4) is 0 Å². The lowest BCUT2D eigenvalue weighted by Gasteiger charge is -2.13. The Kier molecular flexibility index (Phi) is 6.91. The number of ether oxygens (including phenoxy) is 1. The fourth-order valence-electron chi connectivity index (χ4n) is 2.05. The maximum atomic E-state index is 12.1. The first kappa shape index (κ1) is 19.4. The zero-order valence-corrected chi connectivity index (χ0v) is 15.8. The number of methoxy groups -OCH3 is 1. The fraction of sp³-hybridized carbons (Fsp3) is 0.467. The largest absolute Gasteiger partial charge is 0.378 e. The monoisotopic (exact) mass is 385 g/mol. The highest BCUT2D eigenvalue weighted by Crippen LogP contribution is 2.15. The maximum absolute atomic E-state index is 12.1. The van der Waals surface area contributed by atoms with Crippen molar-refractivity contribution in [1.29, 1.82) is 0 Å². The minimum Gasteiger partial charge on any atom is -0.378 e. The van der Waals surface area contributed by atoms with Crippen molar-refractivity contribution < 1.29 is 14.3 Å². The Bertz CT molecular complexity index is 726. The predicted molar refractivity (Wildman–Crippen MR) is 95.0 cm³/mol. The van der Waals surface area contributed by atoms with Gasteiger partial charge in [0.1, 0.15) is 9.88 Å². The molecule has 0 spiro atoms. The summed E-state index contributed by atoms with van der Waals surface area (Å²) in [5, 5.41) is 13.0. The molecule has 0 bridgehead atoms. The molecule has 0 saturated carbocycles. The van der Waals surface area contributed by atoms with E-state index >= 15 is 0 Å². The molecule has 0 aliphatic rings. The number of aromatic amines is 1. The number of halogens is 1. The van der Waals surface area contributed by atoms with E-state index in [1.54, 1.807) is 14.0 Å². The van der Waals surface area contributed by atoms with Gasteiger partial charge < -0.3 is 15.4 Å².